The van der Waals surface area contributed by atoms with Gasteiger partial charge in [-0.15, -0.1) is 0 Å². The minimum Gasteiger partial charge on any atom is -0.497 e. The number of imidazole rings is 1. The van der Waals surface area contributed by atoms with Crippen LogP contribution in [0.4, 0.5) is 0 Å². The molecule has 138 valence electrons. The van der Waals surface area contributed by atoms with Crippen LogP contribution in [-0.2, 0) is 0 Å². The standard InChI is InChI=1S/C22H18N4O2/c1-28-18-10-7-15(8-11-18)14-23-26-22(27)17-9-12-19-20(13-17)25-21(24-19)16-5-3-2-4-6-16/h2-14H,1H3,(H,24,25)(H,26,27)/b23-14+. The number of nitrogens with one attached hydrogen (secondary N) is 2. The molecule has 0 saturated heterocycles. The molecule has 1 heterocycles. The second-order valence-electron chi connectivity index (χ2n) is 6.16. The van der Waals surface area contributed by atoms with Gasteiger partial charge in [0.1, 0.15) is 11.6 Å². The number of fused-ring (bicyclic) bond motifs is 1. The van der Waals surface area contributed by atoms with Gasteiger partial charge in [-0.2, -0.15) is 5.10 Å². The lowest BCUT2D eigenvalue weighted by Crippen LogP contribution is -2.17. The molecule has 0 spiro atoms. The van der Waals surface area contributed by atoms with E-state index in [1.807, 2.05) is 60.7 Å². The van der Waals surface area contributed by atoms with Crippen LogP contribution in [0, 0.1) is 0 Å². The topological polar surface area (TPSA) is 79.4 Å². The summed E-state index contributed by atoms with van der Waals surface area (Å²) in [5.41, 5.74) is 6.50. The van der Waals surface area contributed by atoms with E-state index in [9.17, 15) is 4.79 Å². The molecule has 2 N–H and O–H groups in total. The highest BCUT2D eigenvalue weighted by Gasteiger charge is 2.09. The Bertz CT molecular complexity index is 1130. The minimum atomic E-state index is -0.289. The molecule has 0 aliphatic rings. The number of nitrogens with zero attached hydrogens (tertiary/aromatic N) is 2. The van der Waals surface area contributed by atoms with E-state index in [2.05, 4.69) is 20.5 Å². The molecule has 0 bridgehead atoms. The molecule has 0 aliphatic carbocycles. The number of aromatic amines is 1. The van der Waals surface area contributed by atoms with E-state index in [-0.39, 0.29) is 5.91 Å². The first-order chi connectivity index (χ1) is 13.7. The zero-order valence-electron chi connectivity index (χ0n) is 15.2. The number of methoxy groups -OCH3 is 1. The minimum absolute atomic E-state index is 0.289. The molecule has 6 nitrogen and oxygen atoms in total. The summed E-state index contributed by atoms with van der Waals surface area (Å²) in [4.78, 5) is 20.2. The second-order valence-corrected chi connectivity index (χ2v) is 6.16. The van der Waals surface area contributed by atoms with Crippen molar-refractivity contribution in [2.75, 3.05) is 7.11 Å². The Morgan fingerprint density at radius 2 is 1.86 bits per heavy atom. The van der Waals surface area contributed by atoms with Gasteiger partial charge in [0.25, 0.3) is 5.91 Å². The zero-order valence-corrected chi connectivity index (χ0v) is 15.2. The number of hydrogen-bond donors (Lipinski definition) is 2. The van der Waals surface area contributed by atoms with E-state index in [4.69, 9.17) is 4.74 Å². The summed E-state index contributed by atoms with van der Waals surface area (Å²) < 4.78 is 5.11. The maximum absolute atomic E-state index is 12.4. The number of rotatable bonds is 5. The van der Waals surface area contributed by atoms with Gasteiger partial charge in [0.05, 0.1) is 24.4 Å². The van der Waals surface area contributed by atoms with Crippen molar-refractivity contribution < 1.29 is 9.53 Å². The summed E-state index contributed by atoms with van der Waals surface area (Å²) in [7, 11) is 1.61. The van der Waals surface area contributed by atoms with E-state index >= 15 is 0 Å². The molecule has 4 aromatic rings. The molecular formula is C22H18N4O2. The first-order valence-electron chi connectivity index (χ1n) is 8.75. The van der Waals surface area contributed by atoms with Gasteiger partial charge < -0.3 is 9.72 Å². The molecular weight excluding hydrogens is 352 g/mol. The van der Waals surface area contributed by atoms with Crippen molar-refractivity contribution in [3.05, 3.63) is 83.9 Å². The Hall–Kier alpha value is -3.93. The van der Waals surface area contributed by atoms with Crippen LogP contribution in [0.5, 0.6) is 5.75 Å². The Balaban J connectivity index is 1.48. The van der Waals surface area contributed by atoms with Crippen LogP contribution in [0.15, 0.2) is 77.9 Å². The Morgan fingerprint density at radius 1 is 1.07 bits per heavy atom. The number of hydrogen-bond acceptors (Lipinski definition) is 4. The molecule has 1 amide bonds. The first kappa shape index (κ1) is 17.5. The number of hydrazone groups is 1. The fraction of sp³-hybridized carbons (Fsp3) is 0.0455. The monoisotopic (exact) mass is 370 g/mol. The molecule has 0 radical (unpaired) electrons. The molecule has 6 heteroatoms. The quantitative estimate of drug-likeness (QED) is 0.412. The average molecular weight is 370 g/mol. The number of ether oxygens (including phenoxy) is 1. The van der Waals surface area contributed by atoms with E-state index in [0.717, 1.165) is 33.7 Å². The summed E-state index contributed by atoms with van der Waals surface area (Å²) in [6.07, 6.45) is 1.58. The predicted octanol–water partition coefficient (Wildman–Crippen LogP) is 4.00. The maximum Gasteiger partial charge on any atom is 0.271 e. The Morgan fingerprint density at radius 3 is 2.61 bits per heavy atom. The van der Waals surface area contributed by atoms with Crippen LogP contribution in [0.25, 0.3) is 22.4 Å². The second kappa shape index (κ2) is 7.75. The van der Waals surface area contributed by atoms with Crippen molar-refractivity contribution in [2.24, 2.45) is 5.10 Å². The molecule has 0 fully saturated rings. The first-order valence-corrected chi connectivity index (χ1v) is 8.75. The number of carbonyl (C=O) groups is 1. The number of carbonyl (C=O) groups excluding carboxylic acids is 1. The summed E-state index contributed by atoms with van der Waals surface area (Å²) >= 11 is 0. The van der Waals surface area contributed by atoms with Gasteiger partial charge in [0.15, 0.2) is 0 Å². The Kier molecular flexibility index (Phi) is 4.84. The molecule has 4 rings (SSSR count). The Labute approximate surface area is 161 Å². The third kappa shape index (κ3) is 3.76. The number of aromatic nitrogens is 2. The van der Waals surface area contributed by atoms with Crippen LogP contribution >= 0.6 is 0 Å². The third-order valence-electron chi connectivity index (χ3n) is 4.29. The van der Waals surface area contributed by atoms with E-state index < -0.39 is 0 Å². The average Bonchev–Trinajstić information content (AvgIpc) is 3.18. The van der Waals surface area contributed by atoms with Crippen molar-refractivity contribution in [3.63, 3.8) is 0 Å². The summed E-state index contributed by atoms with van der Waals surface area (Å²) in [5.74, 6) is 1.25. The van der Waals surface area contributed by atoms with Crippen molar-refractivity contribution in [1.82, 2.24) is 15.4 Å². The lowest BCUT2D eigenvalue weighted by molar-refractivity contribution is 0.0955. The number of amides is 1. The largest absolute Gasteiger partial charge is 0.497 e. The van der Waals surface area contributed by atoms with Gasteiger partial charge in [-0.05, 0) is 48.0 Å². The molecule has 0 saturated carbocycles. The molecule has 0 aliphatic heterocycles. The van der Waals surface area contributed by atoms with Gasteiger partial charge >= 0.3 is 0 Å². The van der Waals surface area contributed by atoms with Gasteiger partial charge in [0, 0.05) is 11.1 Å². The van der Waals surface area contributed by atoms with Crippen LogP contribution in [0.3, 0.4) is 0 Å². The van der Waals surface area contributed by atoms with Crippen LogP contribution in [-0.4, -0.2) is 29.2 Å². The lowest BCUT2D eigenvalue weighted by atomic mass is 10.2. The normalized spacial score (nSPS) is 11.0. The smallest absolute Gasteiger partial charge is 0.271 e. The highest BCUT2D eigenvalue weighted by atomic mass is 16.5. The lowest BCUT2D eigenvalue weighted by Gasteiger charge is -2.01. The highest BCUT2D eigenvalue weighted by molar-refractivity contribution is 5.98. The van der Waals surface area contributed by atoms with Crippen molar-refractivity contribution in [1.29, 1.82) is 0 Å². The predicted molar refractivity (Wildman–Crippen MR) is 110 cm³/mol. The molecule has 0 atom stereocenters. The zero-order chi connectivity index (χ0) is 19.3. The number of H-pyrrole nitrogens is 1. The number of benzene rings is 3. The fourth-order valence-corrected chi connectivity index (χ4v) is 2.80. The third-order valence-corrected chi connectivity index (χ3v) is 4.29. The van der Waals surface area contributed by atoms with Crippen LogP contribution < -0.4 is 10.2 Å². The van der Waals surface area contributed by atoms with Crippen LogP contribution in [0.1, 0.15) is 15.9 Å². The van der Waals surface area contributed by atoms with Crippen molar-refractivity contribution in [3.8, 4) is 17.1 Å². The van der Waals surface area contributed by atoms with E-state index in [1.165, 1.54) is 0 Å². The van der Waals surface area contributed by atoms with Crippen molar-refractivity contribution in [2.45, 2.75) is 0 Å². The highest BCUT2D eigenvalue weighted by Crippen LogP contribution is 2.21. The van der Waals surface area contributed by atoms with Crippen molar-refractivity contribution >= 4 is 23.2 Å². The van der Waals surface area contributed by atoms with Gasteiger partial charge in [-0.25, -0.2) is 10.4 Å². The molecule has 28 heavy (non-hydrogen) atoms. The van der Waals surface area contributed by atoms with E-state index in [1.54, 1.807) is 25.5 Å². The molecule has 0 unspecified atom stereocenters. The van der Waals surface area contributed by atoms with Gasteiger partial charge in [-0.3, -0.25) is 4.79 Å². The summed E-state index contributed by atoms with van der Waals surface area (Å²) in [5, 5.41) is 4.02. The molecule has 1 aromatic heterocycles. The fourth-order valence-electron chi connectivity index (χ4n) is 2.80. The van der Waals surface area contributed by atoms with Crippen LogP contribution in [0.2, 0.25) is 0 Å². The summed E-state index contributed by atoms with van der Waals surface area (Å²) in [6.45, 7) is 0. The summed E-state index contributed by atoms with van der Waals surface area (Å²) in [6, 6.07) is 22.6. The van der Waals surface area contributed by atoms with Gasteiger partial charge in [0.2, 0.25) is 0 Å². The van der Waals surface area contributed by atoms with E-state index in [0.29, 0.717) is 5.56 Å². The molecule has 3 aromatic carbocycles. The SMILES string of the molecule is COc1ccc(/C=N/NC(=O)c2ccc3nc(-c4ccccc4)[nH]c3c2)cc1. The maximum atomic E-state index is 12.4. The van der Waals surface area contributed by atoms with Gasteiger partial charge in [-0.1, -0.05) is 30.3 Å².